The van der Waals surface area contributed by atoms with Crippen LogP contribution in [0.15, 0.2) is 33.8 Å². The molecule has 0 spiro atoms. The summed E-state index contributed by atoms with van der Waals surface area (Å²) in [5.41, 5.74) is 6.48. The van der Waals surface area contributed by atoms with Gasteiger partial charge in [0.05, 0.1) is 28.0 Å². The van der Waals surface area contributed by atoms with Crippen LogP contribution in [-0.2, 0) is 0 Å². The van der Waals surface area contributed by atoms with Gasteiger partial charge in [0.2, 0.25) is 0 Å². The molecule has 33 heavy (non-hydrogen) atoms. The quantitative estimate of drug-likeness (QED) is 0.432. The molecule has 4 aromatic rings. The molecule has 0 unspecified atom stereocenters. The van der Waals surface area contributed by atoms with Gasteiger partial charge in [-0.25, -0.2) is 19.3 Å². The number of aromatic nitrogens is 6. The van der Waals surface area contributed by atoms with Crippen molar-refractivity contribution in [3.05, 3.63) is 51.6 Å². The lowest BCUT2D eigenvalue weighted by atomic mass is 10.1. The van der Waals surface area contributed by atoms with Crippen LogP contribution in [0.2, 0.25) is 5.02 Å². The van der Waals surface area contributed by atoms with Crippen LogP contribution in [0.1, 0.15) is 43.5 Å². The van der Waals surface area contributed by atoms with Crippen LogP contribution in [-0.4, -0.2) is 35.8 Å². The van der Waals surface area contributed by atoms with Crippen molar-refractivity contribution in [1.82, 2.24) is 29.7 Å². The molecule has 1 aliphatic carbocycles. The number of nitrogens with one attached hydrogen (secondary N) is 1. The molecular formula is C21H20ClFN8O2. The number of nitrogen functional groups attached to an aromatic ring is 1. The van der Waals surface area contributed by atoms with E-state index in [9.17, 15) is 9.18 Å². The van der Waals surface area contributed by atoms with Crippen molar-refractivity contribution in [2.24, 2.45) is 0 Å². The number of alkyl halides is 1. The molecule has 3 atom stereocenters. The molecule has 3 aromatic heterocycles. The van der Waals surface area contributed by atoms with Crippen molar-refractivity contribution in [3.63, 3.8) is 0 Å². The number of aryl methyl sites for hydroxylation is 1. The smallest absolute Gasteiger partial charge is 0.265 e. The Bertz CT molecular complexity index is 1420. The lowest BCUT2D eigenvalue weighted by Crippen LogP contribution is -2.29. The van der Waals surface area contributed by atoms with Crippen LogP contribution < -0.4 is 16.6 Å². The summed E-state index contributed by atoms with van der Waals surface area (Å²) in [4.78, 5) is 30.6. The van der Waals surface area contributed by atoms with Gasteiger partial charge in [-0.15, -0.1) is 0 Å². The number of hydrogen-bond acceptors (Lipinski definition) is 9. The molecule has 3 heterocycles. The van der Waals surface area contributed by atoms with Crippen molar-refractivity contribution in [2.75, 3.05) is 11.1 Å². The minimum atomic E-state index is -1.12. The minimum Gasteiger partial charge on any atom is -0.383 e. The molecule has 0 aliphatic heterocycles. The molecule has 10 nitrogen and oxygen atoms in total. The number of anilines is 2. The van der Waals surface area contributed by atoms with E-state index in [1.54, 1.807) is 25.1 Å². The highest BCUT2D eigenvalue weighted by Gasteiger charge is 2.42. The van der Waals surface area contributed by atoms with Gasteiger partial charge in [-0.1, -0.05) is 29.7 Å². The second-order valence-corrected chi connectivity index (χ2v) is 8.24. The Morgan fingerprint density at radius 3 is 2.82 bits per heavy atom. The predicted octanol–water partition coefficient (Wildman–Crippen LogP) is 3.63. The van der Waals surface area contributed by atoms with E-state index in [2.05, 4.69) is 25.4 Å². The van der Waals surface area contributed by atoms with Gasteiger partial charge in [0.1, 0.15) is 35.5 Å². The van der Waals surface area contributed by atoms with Crippen LogP contribution in [0.3, 0.4) is 0 Å². The molecule has 1 fully saturated rings. The van der Waals surface area contributed by atoms with E-state index in [0.717, 1.165) is 0 Å². The van der Waals surface area contributed by atoms with Gasteiger partial charge in [0, 0.05) is 6.42 Å². The van der Waals surface area contributed by atoms with Gasteiger partial charge < -0.3 is 15.6 Å². The summed E-state index contributed by atoms with van der Waals surface area (Å²) >= 11 is 6.28. The van der Waals surface area contributed by atoms with Gasteiger partial charge in [-0.05, 0) is 25.5 Å². The maximum absolute atomic E-state index is 14.2. The number of benzene rings is 1. The van der Waals surface area contributed by atoms with Gasteiger partial charge >= 0.3 is 0 Å². The highest BCUT2D eigenvalue weighted by atomic mass is 35.5. The van der Waals surface area contributed by atoms with E-state index in [4.69, 9.17) is 26.8 Å². The summed E-state index contributed by atoms with van der Waals surface area (Å²) < 4.78 is 20.8. The maximum Gasteiger partial charge on any atom is 0.265 e. The summed E-state index contributed by atoms with van der Waals surface area (Å²) in [5, 5.41) is 7.62. The average molecular weight is 471 g/mol. The first kappa shape index (κ1) is 21.3. The van der Waals surface area contributed by atoms with Crippen LogP contribution >= 0.6 is 11.6 Å². The summed E-state index contributed by atoms with van der Waals surface area (Å²) in [5.74, 6) is 1.44. The Hall–Kier alpha value is -3.60. The summed E-state index contributed by atoms with van der Waals surface area (Å²) in [7, 11) is 0. The Kier molecular flexibility index (Phi) is 5.20. The number of hydrogen-bond donors (Lipinski definition) is 2. The monoisotopic (exact) mass is 470 g/mol. The first-order chi connectivity index (χ1) is 15.9. The fourth-order valence-electron chi connectivity index (χ4n) is 3.84. The largest absolute Gasteiger partial charge is 0.383 e. The summed E-state index contributed by atoms with van der Waals surface area (Å²) in [6, 6.07) is 3.94. The fourth-order valence-corrected chi connectivity index (χ4v) is 4.09. The number of nitrogens with two attached hydrogens (primary N) is 1. The summed E-state index contributed by atoms with van der Waals surface area (Å²) in [6.45, 7) is 3.60. The number of nitrogens with zero attached hydrogens (tertiary/aromatic N) is 6. The molecule has 5 rings (SSSR count). The van der Waals surface area contributed by atoms with Gasteiger partial charge in [-0.2, -0.15) is 4.98 Å². The normalized spacial score (nSPS) is 18.4. The Balaban J connectivity index is 1.65. The van der Waals surface area contributed by atoms with Crippen LogP contribution in [0.5, 0.6) is 0 Å². The zero-order valence-corrected chi connectivity index (χ0v) is 18.5. The molecule has 1 aliphatic rings. The molecule has 0 radical (unpaired) electrons. The van der Waals surface area contributed by atoms with Crippen molar-refractivity contribution >= 4 is 34.1 Å². The minimum absolute atomic E-state index is 0.146. The second-order valence-electron chi connectivity index (χ2n) is 7.83. The van der Waals surface area contributed by atoms with Crippen molar-refractivity contribution in [2.45, 2.75) is 44.9 Å². The second kappa shape index (κ2) is 8.07. The predicted molar refractivity (Wildman–Crippen MR) is 121 cm³/mol. The van der Waals surface area contributed by atoms with E-state index in [1.165, 1.54) is 10.9 Å². The first-order valence-electron chi connectivity index (χ1n) is 10.4. The Labute approximate surface area is 192 Å². The standard InChI is InChI=1S/C21H20ClFN8O2/c1-3-12(28-18-16(17(24)25-8-26-18)20-27-9(2)30-33-20)19-29-13-6-4-5-10(22)15(13)21(32)31(19)14-7-11(14)23/h4-6,8,11-12,14H,3,7H2,1-2H3,(H3,24,25,26,28)/t11-,12-,14-/m0/s1. The lowest BCUT2D eigenvalue weighted by Gasteiger charge is -2.23. The van der Waals surface area contributed by atoms with Crippen LogP contribution in [0.4, 0.5) is 16.0 Å². The van der Waals surface area contributed by atoms with Crippen LogP contribution in [0.25, 0.3) is 22.4 Å². The van der Waals surface area contributed by atoms with E-state index in [0.29, 0.717) is 35.0 Å². The SMILES string of the molecule is CC[C@H](Nc1ncnc(N)c1-c1nc(C)no1)c1nc2cccc(Cl)c2c(=O)n1[C@H]1C[C@@H]1F. The Morgan fingerprint density at radius 2 is 2.15 bits per heavy atom. The molecule has 0 amide bonds. The molecule has 0 bridgehead atoms. The molecule has 12 heteroatoms. The van der Waals surface area contributed by atoms with E-state index in [1.807, 2.05) is 6.92 Å². The number of rotatable bonds is 6. The van der Waals surface area contributed by atoms with E-state index < -0.39 is 18.3 Å². The number of halogens is 2. The van der Waals surface area contributed by atoms with Gasteiger partial charge in [0.15, 0.2) is 5.82 Å². The maximum atomic E-state index is 14.2. The highest BCUT2D eigenvalue weighted by molar-refractivity contribution is 6.35. The van der Waals surface area contributed by atoms with Crippen molar-refractivity contribution < 1.29 is 8.91 Å². The van der Waals surface area contributed by atoms with Crippen LogP contribution in [0, 0.1) is 6.92 Å². The zero-order chi connectivity index (χ0) is 23.3. The Morgan fingerprint density at radius 1 is 1.36 bits per heavy atom. The van der Waals surface area contributed by atoms with Gasteiger partial charge in [-0.3, -0.25) is 9.36 Å². The highest BCUT2D eigenvalue weighted by Crippen LogP contribution is 2.41. The topological polar surface area (TPSA) is 138 Å². The molecule has 3 N–H and O–H groups in total. The third kappa shape index (κ3) is 3.67. The van der Waals surface area contributed by atoms with E-state index >= 15 is 0 Å². The fraction of sp³-hybridized carbons (Fsp3) is 0.333. The third-order valence-corrected chi connectivity index (χ3v) is 5.88. The molecule has 0 saturated heterocycles. The molecule has 1 aromatic carbocycles. The van der Waals surface area contributed by atoms with Crippen molar-refractivity contribution in [1.29, 1.82) is 0 Å². The zero-order valence-electron chi connectivity index (χ0n) is 17.8. The van der Waals surface area contributed by atoms with E-state index in [-0.39, 0.29) is 34.1 Å². The lowest BCUT2D eigenvalue weighted by molar-refractivity contribution is 0.425. The average Bonchev–Trinajstić information content (AvgIpc) is 3.34. The molecule has 170 valence electrons. The summed E-state index contributed by atoms with van der Waals surface area (Å²) in [6.07, 6.45) is 0.936. The molecular weight excluding hydrogens is 451 g/mol. The third-order valence-electron chi connectivity index (χ3n) is 5.57. The first-order valence-corrected chi connectivity index (χ1v) is 10.8. The molecule has 1 saturated carbocycles. The van der Waals surface area contributed by atoms with Crippen molar-refractivity contribution in [3.8, 4) is 11.5 Å². The number of fused-ring (bicyclic) bond motifs is 1. The van der Waals surface area contributed by atoms with Gasteiger partial charge in [0.25, 0.3) is 11.4 Å².